The Kier molecular flexibility index (Phi) is 7.32. The highest BCUT2D eigenvalue weighted by atomic mass is 35.5. The number of carbonyl (C=O) groups excluding carboxylic acids is 2. The second-order valence-electron chi connectivity index (χ2n) is 6.66. The van der Waals surface area contributed by atoms with Gasteiger partial charge in [0.25, 0.3) is 0 Å². The largest absolute Gasteiger partial charge is 0.294 e. The van der Waals surface area contributed by atoms with E-state index in [0.717, 1.165) is 6.07 Å². The maximum absolute atomic E-state index is 14.1. The maximum atomic E-state index is 14.1. The molecule has 2 nitrogen and oxygen atoms in total. The summed E-state index contributed by atoms with van der Waals surface area (Å²) in [5.41, 5.74) is 0.720. The lowest BCUT2D eigenvalue weighted by Crippen LogP contribution is -2.17. The molecular formula is C20H17Cl4FO2. The van der Waals surface area contributed by atoms with Crippen LogP contribution in [0.5, 0.6) is 0 Å². The predicted molar refractivity (Wildman–Crippen MR) is 109 cm³/mol. The standard InChI is InChI=1S/C20H17Cl4FO2/c1-9(2)19(26)14-6-12(21)5-11(18(14)24)4-10(3)20(27)13-7-15(22)16(23)8-17(13)25/h5-10H,4H2,1-3H3. The van der Waals surface area contributed by atoms with Crippen molar-refractivity contribution in [2.24, 2.45) is 11.8 Å². The van der Waals surface area contributed by atoms with E-state index in [2.05, 4.69) is 0 Å². The molecule has 0 spiro atoms. The average Bonchev–Trinajstić information content (AvgIpc) is 2.59. The Morgan fingerprint density at radius 3 is 2.07 bits per heavy atom. The molecule has 0 radical (unpaired) electrons. The Balaban J connectivity index is 2.35. The fraction of sp³-hybridized carbons (Fsp3) is 0.300. The quantitative estimate of drug-likeness (QED) is 0.341. The molecule has 1 atom stereocenters. The highest BCUT2D eigenvalue weighted by Gasteiger charge is 2.24. The van der Waals surface area contributed by atoms with Gasteiger partial charge in [0.2, 0.25) is 0 Å². The molecule has 2 aromatic carbocycles. The van der Waals surface area contributed by atoms with Gasteiger partial charge in [0.1, 0.15) is 5.82 Å². The van der Waals surface area contributed by atoms with Gasteiger partial charge >= 0.3 is 0 Å². The van der Waals surface area contributed by atoms with Crippen molar-refractivity contribution >= 4 is 58.0 Å². The molecule has 0 amide bonds. The van der Waals surface area contributed by atoms with Gasteiger partial charge in [-0.05, 0) is 36.2 Å². The first-order valence-electron chi connectivity index (χ1n) is 8.23. The molecule has 0 aliphatic rings. The van der Waals surface area contributed by atoms with E-state index >= 15 is 0 Å². The summed E-state index contributed by atoms with van der Waals surface area (Å²) in [6.07, 6.45) is 0.191. The van der Waals surface area contributed by atoms with Gasteiger partial charge < -0.3 is 0 Å². The van der Waals surface area contributed by atoms with E-state index in [9.17, 15) is 14.0 Å². The van der Waals surface area contributed by atoms with Gasteiger partial charge in [-0.15, -0.1) is 0 Å². The van der Waals surface area contributed by atoms with E-state index in [1.54, 1.807) is 26.8 Å². The second kappa shape index (κ2) is 8.91. The smallest absolute Gasteiger partial charge is 0.168 e. The van der Waals surface area contributed by atoms with E-state index in [1.807, 2.05) is 0 Å². The van der Waals surface area contributed by atoms with Crippen LogP contribution in [0.1, 0.15) is 47.1 Å². The minimum atomic E-state index is -0.742. The maximum Gasteiger partial charge on any atom is 0.168 e. The molecule has 2 rings (SSSR count). The minimum Gasteiger partial charge on any atom is -0.294 e. The molecule has 144 valence electrons. The lowest BCUT2D eigenvalue weighted by atomic mass is 9.90. The van der Waals surface area contributed by atoms with Crippen molar-refractivity contribution in [3.05, 3.63) is 66.9 Å². The SMILES string of the molecule is CC(C)C(=O)c1cc(Cl)cc(CC(C)C(=O)c2cc(Cl)c(Cl)cc2F)c1Cl. The zero-order valence-electron chi connectivity index (χ0n) is 14.9. The molecule has 1 unspecified atom stereocenters. The number of Topliss-reactive ketones (excluding diaryl/α,β-unsaturated/α-hetero) is 2. The van der Waals surface area contributed by atoms with Crippen molar-refractivity contribution in [3.63, 3.8) is 0 Å². The lowest BCUT2D eigenvalue weighted by molar-refractivity contribution is 0.0924. The number of carbonyl (C=O) groups is 2. The molecule has 0 saturated carbocycles. The molecule has 0 saturated heterocycles. The number of halogens is 5. The van der Waals surface area contributed by atoms with Crippen molar-refractivity contribution in [1.82, 2.24) is 0 Å². The summed E-state index contributed by atoms with van der Waals surface area (Å²) in [4.78, 5) is 25.0. The van der Waals surface area contributed by atoms with Gasteiger partial charge in [-0.3, -0.25) is 9.59 Å². The number of rotatable bonds is 6. The van der Waals surface area contributed by atoms with Crippen molar-refractivity contribution < 1.29 is 14.0 Å². The Labute approximate surface area is 177 Å². The third-order valence-corrected chi connectivity index (χ3v) is 5.54. The zero-order valence-corrected chi connectivity index (χ0v) is 17.9. The summed E-state index contributed by atoms with van der Waals surface area (Å²) >= 11 is 24.2. The van der Waals surface area contributed by atoms with E-state index in [1.165, 1.54) is 12.1 Å². The first-order valence-corrected chi connectivity index (χ1v) is 9.75. The van der Waals surface area contributed by atoms with Gasteiger partial charge in [-0.25, -0.2) is 4.39 Å². The molecule has 27 heavy (non-hydrogen) atoms. The molecule has 0 N–H and O–H groups in total. The van der Waals surface area contributed by atoms with Gasteiger partial charge in [0, 0.05) is 22.4 Å². The molecule has 0 aliphatic heterocycles. The Morgan fingerprint density at radius 1 is 0.889 bits per heavy atom. The van der Waals surface area contributed by atoms with Crippen molar-refractivity contribution in [2.75, 3.05) is 0 Å². The van der Waals surface area contributed by atoms with Gasteiger partial charge in [-0.2, -0.15) is 0 Å². The summed E-state index contributed by atoms with van der Waals surface area (Å²) in [5, 5.41) is 0.735. The highest BCUT2D eigenvalue weighted by molar-refractivity contribution is 6.42. The summed E-state index contributed by atoms with van der Waals surface area (Å²) in [6.45, 7) is 5.17. The number of ketones is 2. The zero-order chi connectivity index (χ0) is 20.5. The van der Waals surface area contributed by atoms with Crippen molar-refractivity contribution in [1.29, 1.82) is 0 Å². The highest BCUT2D eigenvalue weighted by Crippen LogP contribution is 2.31. The molecule has 0 aliphatic carbocycles. The topological polar surface area (TPSA) is 34.1 Å². The van der Waals surface area contributed by atoms with Crippen LogP contribution in [-0.2, 0) is 6.42 Å². The predicted octanol–water partition coefficient (Wildman–Crippen LogP) is 7.34. The van der Waals surface area contributed by atoms with Crippen LogP contribution < -0.4 is 0 Å². The van der Waals surface area contributed by atoms with E-state index < -0.39 is 17.5 Å². The summed E-state index contributed by atoms with van der Waals surface area (Å²) in [5.74, 6) is -2.20. The van der Waals surface area contributed by atoms with Gasteiger partial charge in [0.05, 0.1) is 20.6 Å². The van der Waals surface area contributed by atoms with Crippen LogP contribution in [0.25, 0.3) is 0 Å². The molecular weight excluding hydrogens is 433 g/mol. The van der Waals surface area contributed by atoms with E-state index in [0.29, 0.717) is 16.1 Å². The lowest BCUT2D eigenvalue weighted by Gasteiger charge is -2.16. The van der Waals surface area contributed by atoms with Crippen molar-refractivity contribution in [2.45, 2.75) is 27.2 Å². The summed E-state index contributed by atoms with van der Waals surface area (Å²) in [6, 6.07) is 5.35. The Morgan fingerprint density at radius 2 is 1.48 bits per heavy atom. The molecule has 2 aromatic rings. The fourth-order valence-corrected chi connectivity index (χ4v) is 3.52. The number of benzene rings is 2. The number of hydrogen-bond acceptors (Lipinski definition) is 2. The van der Waals surface area contributed by atoms with Crippen molar-refractivity contribution in [3.8, 4) is 0 Å². The van der Waals surface area contributed by atoms with Crippen LogP contribution in [0.15, 0.2) is 24.3 Å². The van der Waals surface area contributed by atoms with Crippen LogP contribution in [0, 0.1) is 17.7 Å². The van der Waals surface area contributed by atoms with Crippen LogP contribution in [0.2, 0.25) is 20.1 Å². The summed E-state index contributed by atoms with van der Waals surface area (Å²) < 4.78 is 14.1. The molecule has 7 heteroatoms. The van der Waals surface area contributed by atoms with E-state index in [4.69, 9.17) is 46.4 Å². The van der Waals surface area contributed by atoms with Gasteiger partial charge in [-0.1, -0.05) is 67.2 Å². The second-order valence-corrected chi connectivity index (χ2v) is 8.29. The third kappa shape index (κ3) is 5.03. The van der Waals surface area contributed by atoms with Crippen LogP contribution in [-0.4, -0.2) is 11.6 Å². The van der Waals surface area contributed by atoms with Gasteiger partial charge in [0.15, 0.2) is 11.6 Å². The van der Waals surface area contributed by atoms with E-state index in [-0.39, 0.29) is 38.8 Å². The normalized spacial score (nSPS) is 12.3. The average molecular weight is 450 g/mol. The number of hydrogen-bond donors (Lipinski definition) is 0. The molecule has 0 heterocycles. The molecule has 0 fully saturated rings. The van der Waals surface area contributed by atoms with Crippen LogP contribution in [0.3, 0.4) is 0 Å². The fourth-order valence-electron chi connectivity index (χ4n) is 2.68. The first kappa shape index (κ1) is 22.2. The monoisotopic (exact) mass is 448 g/mol. The third-order valence-electron chi connectivity index (χ3n) is 4.15. The minimum absolute atomic E-state index is 0.0353. The van der Waals surface area contributed by atoms with Crippen LogP contribution in [0.4, 0.5) is 4.39 Å². The first-order chi connectivity index (χ1) is 12.5. The summed E-state index contributed by atoms with van der Waals surface area (Å²) in [7, 11) is 0. The molecule has 0 bridgehead atoms. The Hall–Kier alpha value is -1.13. The van der Waals surface area contributed by atoms with Crippen LogP contribution >= 0.6 is 46.4 Å². The Bertz CT molecular complexity index is 909. The molecule has 0 aromatic heterocycles.